The van der Waals surface area contributed by atoms with Crippen molar-refractivity contribution in [2.24, 2.45) is 5.92 Å². The Labute approximate surface area is 128 Å². The second kappa shape index (κ2) is 6.35. The summed E-state index contributed by atoms with van der Waals surface area (Å²) in [6.07, 6.45) is 1.68. The number of amides is 1. The number of halogens is 1. The van der Waals surface area contributed by atoms with E-state index >= 15 is 0 Å². The van der Waals surface area contributed by atoms with E-state index in [4.69, 9.17) is 21.4 Å². The Hall–Kier alpha value is -1.75. The SMILES string of the molecule is Cc1cc(OCC(=O)NC(C(=O)O)C2CC2)cc(C)c1Cl. The Kier molecular flexibility index (Phi) is 4.73. The molecule has 1 fully saturated rings. The maximum atomic E-state index is 11.8. The minimum atomic E-state index is -0.996. The van der Waals surface area contributed by atoms with Crippen LogP contribution in [0.1, 0.15) is 24.0 Å². The van der Waals surface area contributed by atoms with E-state index in [0.717, 1.165) is 24.0 Å². The van der Waals surface area contributed by atoms with Crippen LogP contribution in [0.5, 0.6) is 5.75 Å². The molecule has 0 heterocycles. The fourth-order valence-corrected chi connectivity index (χ4v) is 2.27. The van der Waals surface area contributed by atoms with Gasteiger partial charge in [-0.25, -0.2) is 4.79 Å². The average Bonchev–Trinajstić information content (AvgIpc) is 3.23. The van der Waals surface area contributed by atoms with Crippen LogP contribution in [0.25, 0.3) is 0 Å². The van der Waals surface area contributed by atoms with Gasteiger partial charge >= 0.3 is 5.97 Å². The third kappa shape index (κ3) is 4.11. The molecule has 1 amide bonds. The number of carbonyl (C=O) groups excluding carboxylic acids is 1. The highest BCUT2D eigenvalue weighted by molar-refractivity contribution is 6.32. The van der Waals surface area contributed by atoms with Gasteiger partial charge in [0.25, 0.3) is 5.91 Å². The number of hydrogen-bond donors (Lipinski definition) is 2. The van der Waals surface area contributed by atoms with E-state index in [-0.39, 0.29) is 12.5 Å². The Bertz CT molecular complexity index is 546. The molecule has 0 spiro atoms. The van der Waals surface area contributed by atoms with Gasteiger partial charge in [0.1, 0.15) is 11.8 Å². The van der Waals surface area contributed by atoms with Gasteiger partial charge in [-0.15, -0.1) is 0 Å². The largest absolute Gasteiger partial charge is 0.484 e. The van der Waals surface area contributed by atoms with Gasteiger partial charge in [-0.1, -0.05) is 11.6 Å². The van der Waals surface area contributed by atoms with Crippen molar-refractivity contribution < 1.29 is 19.4 Å². The molecule has 0 aliphatic heterocycles. The summed E-state index contributed by atoms with van der Waals surface area (Å²) in [5, 5.41) is 12.2. The molecule has 2 rings (SSSR count). The Morgan fingerprint density at radius 2 is 1.95 bits per heavy atom. The quantitative estimate of drug-likeness (QED) is 0.845. The maximum Gasteiger partial charge on any atom is 0.326 e. The smallest absolute Gasteiger partial charge is 0.326 e. The second-order valence-corrected chi connectivity index (χ2v) is 5.76. The first-order valence-corrected chi connectivity index (χ1v) is 7.18. The zero-order valence-corrected chi connectivity index (χ0v) is 12.7. The van der Waals surface area contributed by atoms with E-state index in [1.54, 1.807) is 12.1 Å². The average molecular weight is 312 g/mol. The van der Waals surface area contributed by atoms with Crippen molar-refractivity contribution in [2.75, 3.05) is 6.61 Å². The molecule has 5 nitrogen and oxygen atoms in total. The molecular formula is C15H18ClNO4. The normalized spacial score (nSPS) is 15.4. The predicted molar refractivity (Wildman–Crippen MR) is 78.7 cm³/mol. The molecule has 1 aromatic carbocycles. The molecule has 0 radical (unpaired) electrons. The number of carbonyl (C=O) groups is 2. The van der Waals surface area contributed by atoms with E-state index in [2.05, 4.69) is 5.32 Å². The van der Waals surface area contributed by atoms with E-state index in [0.29, 0.717) is 10.8 Å². The van der Waals surface area contributed by atoms with Crippen LogP contribution < -0.4 is 10.1 Å². The maximum absolute atomic E-state index is 11.8. The Morgan fingerprint density at radius 1 is 1.38 bits per heavy atom. The summed E-state index contributed by atoms with van der Waals surface area (Å²) in [6.45, 7) is 3.50. The summed E-state index contributed by atoms with van der Waals surface area (Å²) in [5.41, 5.74) is 1.74. The number of carboxylic acids is 1. The van der Waals surface area contributed by atoms with Crippen molar-refractivity contribution in [3.05, 3.63) is 28.3 Å². The molecule has 1 aliphatic rings. The lowest BCUT2D eigenvalue weighted by Crippen LogP contribution is -2.44. The van der Waals surface area contributed by atoms with Gasteiger partial charge in [0.15, 0.2) is 6.61 Å². The van der Waals surface area contributed by atoms with Crippen LogP contribution in [-0.4, -0.2) is 29.6 Å². The van der Waals surface area contributed by atoms with Gasteiger partial charge in [0, 0.05) is 5.02 Å². The molecule has 0 saturated heterocycles. The number of ether oxygens (including phenoxy) is 1. The van der Waals surface area contributed by atoms with E-state index in [1.807, 2.05) is 13.8 Å². The summed E-state index contributed by atoms with van der Waals surface area (Å²) in [6, 6.07) is 2.69. The van der Waals surface area contributed by atoms with E-state index in [9.17, 15) is 9.59 Å². The number of rotatable bonds is 6. The van der Waals surface area contributed by atoms with Crippen LogP contribution >= 0.6 is 11.6 Å². The molecule has 114 valence electrons. The summed E-state index contributed by atoms with van der Waals surface area (Å²) in [4.78, 5) is 22.8. The first kappa shape index (κ1) is 15.6. The number of hydrogen-bond acceptors (Lipinski definition) is 3. The minimum absolute atomic E-state index is 0.0477. The predicted octanol–water partition coefficient (Wildman–Crippen LogP) is 2.32. The summed E-state index contributed by atoms with van der Waals surface area (Å²) < 4.78 is 5.40. The molecule has 1 unspecified atom stereocenters. The summed E-state index contributed by atoms with van der Waals surface area (Å²) >= 11 is 6.06. The number of nitrogens with one attached hydrogen (secondary N) is 1. The van der Waals surface area contributed by atoms with Crippen LogP contribution in [0.4, 0.5) is 0 Å². The number of benzene rings is 1. The van der Waals surface area contributed by atoms with Crippen LogP contribution in [0, 0.1) is 19.8 Å². The first-order valence-electron chi connectivity index (χ1n) is 6.80. The highest BCUT2D eigenvalue weighted by Crippen LogP contribution is 2.32. The zero-order valence-electron chi connectivity index (χ0n) is 12.0. The molecule has 1 aliphatic carbocycles. The van der Waals surface area contributed by atoms with Gasteiger partial charge in [-0.3, -0.25) is 4.79 Å². The van der Waals surface area contributed by atoms with Crippen LogP contribution in [0.2, 0.25) is 5.02 Å². The van der Waals surface area contributed by atoms with Gasteiger partial charge in [0.2, 0.25) is 0 Å². The van der Waals surface area contributed by atoms with Crippen LogP contribution in [-0.2, 0) is 9.59 Å². The van der Waals surface area contributed by atoms with Crippen molar-refractivity contribution >= 4 is 23.5 Å². The molecule has 6 heteroatoms. The van der Waals surface area contributed by atoms with Crippen molar-refractivity contribution in [3.8, 4) is 5.75 Å². The Balaban J connectivity index is 1.90. The van der Waals surface area contributed by atoms with Crippen molar-refractivity contribution in [1.29, 1.82) is 0 Å². The molecule has 1 aromatic rings. The third-order valence-electron chi connectivity index (χ3n) is 3.46. The highest BCUT2D eigenvalue weighted by atomic mass is 35.5. The van der Waals surface area contributed by atoms with Gasteiger partial charge < -0.3 is 15.2 Å². The zero-order chi connectivity index (χ0) is 15.6. The standard InChI is InChI=1S/C15H18ClNO4/c1-8-5-11(6-9(2)13(8)16)21-7-12(18)17-14(15(19)20)10-3-4-10/h5-6,10,14H,3-4,7H2,1-2H3,(H,17,18)(H,19,20). The monoisotopic (exact) mass is 311 g/mol. The van der Waals surface area contributed by atoms with Gasteiger partial charge in [0.05, 0.1) is 0 Å². The van der Waals surface area contributed by atoms with Crippen molar-refractivity contribution in [1.82, 2.24) is 5.32 Å². The number of carboxylic acid groups (broad SMARTS) is 1. The fourth-order valence-electron chi connectivity index (χ4n) is 2.16. The Morgan fingerprint density at radius 3 is 2.43 bits per heavy atom. The molecule has 1 saturated carbocycles. The highest BCUT2D eigenvalue weighted by Gasteiger charge is 2.37. The lowest BCUT2D eigenvalue weighted by Gasteiger charge is -2.14. The first-order chi connectivity index (χ1) is 9.88. The molecule has 0 bridgehead atoms. The van der Waals surface area contributed by atoms with Crippen LogP contribution in [0.3, 0.4) is 0 Å². The lowest BCUT2D eigenvalue weighted by molar-refractivity contribution is -0.142. The lowest BCUT2D eigenvalue weighted by atomic mass is 10.1. The molecule has 1 atom stereocenters. The van der Waals surface area contributed by atoms with Gasteiger partial charge in [-0.05, 0) is 55.9 Å². The van der Waals surface area contributed by atoms with Crippen LogP contribution in [0.15, 0.2) is 12.1 Å². The number of aryl methyl sites for hydroxylation is 2. The molecule has 0 aromatic heterocycles. The van der Waals surface area contributed by atoms with E-state index < -0.39 is 17.9 Å². The molecule has 21 heavy (non-hydrogen) atoms. The summed E-state index contributed by atoms with van der Waals surface area (Å²) in [7, 11) is 0. The second-order valence-electron chi connectivity index (χ2n) is 5.38. The van der Waals surface area contributed by atoms with Gasteiger partial charge in [-0.2, -0.15) is 0 Å². The molecular weight excluding hydrogens is 294 g/mol. The van der Waals surface area contributed by atoms with Crippen molar-refractivity contribution in [2.45, 2.75) is 32.7 Å². The number of aliphatic carboxylic acids is 1. The minimum Gasteiger partial charge on any atom is -0.484 e. The fraction of sp³-hybridized carbons (Fsp3) is 0.467. The third-order valence-corrected chi connectivity index (χ3v) is 4.05. The van der Waals surface area contributed by atoms with E-state index in [1.165, 1.54) is 0 Å². The van der Waals surface area contributed by atoms with Crippen molar-refractivity contribution in [3.63, 3.8) is 0 Å². The molecule has 2 N–H and O–H groups in total. The summed E-state index contributed by atoms with van der Waals surface area (Å²) in [5.74, 6) is -0.835. The topological polar surface area (TPSA) is 75.6 Å².